The molecule has 0 bridgehead atoms. The van der Waals surface area contributed by atoms with E-state index in [1.54, 1.807) is 0 Å². The van der Waals surface area contributed by atoms with Gasteiger partial charge in [0.15, 0.2) is 0 Å². The molecule has 0 aliphatic carbocycles. The Hall–Kier alpha value is -1.26. The zero-order chi connectivity index (χ0) is 13.2. The zero-order valence-electron chi connectivity index (χ0n) is 10.2. The van der Waals surface area contributed by atoms with E-state index < -0.39 is 12.1 Å². The maximum Gasteiger partial charge on any atom is 0.503 e. The topological polar surface area (TPSA) is 94.8 Å². The minimum atomic E-state index is -1.83. The maximum absolute atomic E-state index is 10.2. The summed E-state index contributed by atoms with van der Waals surface area (Å²) in [6, 6.07) is 0. The molecule has 0 heterocycles. The minimum Gasteiger partial charge on any atom is -0.481 e. The van der Waals surface area contributed by atoms with Crippen LogP contribution in [0.5, 0.6) is 0 Å². The molecule has 0 atom stereocenters. The fourth-order valence-electron chi connectivity index (χ4n) is 1.11. The first-order valence-corrected chi connectivity index (χ1v) is 5.29. The van der Waals surface area contributed by atoms with E-state index in [9.17, 15) is 4.79 Å². The van der Waals surface area contributed by atoms with Crippen molar-refractivity contribution in [1.82, 2.24) is 0 Å². The van der Waals surface area contributed by atoms with Crippen LogP contribution in [0.3, 0.4) is 0 Å². The molecule has 0 aromatic rings. The molecule has 0 amide bonds. The van der Waals surface area contributed by atoms with Gasteiger partial charge in [0.05, 0.1) is 0 Å². The smallest absolute Gasteiger partial charge is 0.481 e. The molecule has 0 saturated carbocycles. The second kappa shape index (κ2) is 9.00. The quantitative estimate of drug-likeness (QED) is 0.634. The molecule has 0 aliphatic rings. The molecule has 3 N–H and O–H groups in total. The van der Waals surface area contributed by atoms with Gasteiger partial charge in [-0.25, -0.2) is 4.79 Å². The summed E-state index contributed by atoms with van der Waals surface area (Å²) >= 11 is 0. The highest BCUT2D eigenvalue weighted by atomic mass is 16.6. The Morgan fingerprint density at radius 2 is 1.38 bits per heavy atom. The molecule has 0 rings (SSSR count). The molecule has 0 aromatic heterocycles. The third-order valence-corrected chi connectivity index (χ3v) is 1.82. The standard InChI is InChI=1S/C10H20O2.CH2O3/c1-10(2,3)8-6-4-5-7-9(11)12;2-1(3)4/h4-8H2,1-3H3,(H,11,12);(H2,2,3,4). The first-order chi connectivity index (χ1) is 7.15. The number of hydrogen-bond acceptors (Lipinski definition) is 2. The molecule has 16 heavy (non-hydrogen) atoms. The summed E-state index contributed by atoms with van der Waals surface area (Å²) in [5.74, 6) is -0.675. The number of carboxylic acid groups (broad SMARTS) is 3. The van der Waals surface area contributed by atoms with Gasteiger partial charge in [0, 0.05) is 6.42 Å². The van der Waals surface area contributed by atoms with Crippen molar-refractivity contribution in [3.05, 3.63) is 0 Å². The van der Waals surface area contributed by atoms with Gasteiger partial charge in [-0.15, -0.1) is 0 Å². The number of unbranched alkanes of at least 4 members (excludes halogenated alkanes) is 2. The third-order valence-electron chi connectivity index (χ3n) is 1.82. The zero-order valence-corrected chi connectivity index (χ0v) is 10.2. The summed E-state index contributed by atoms with van der Waals surface area (Å²) in [7, 11) is 0. The van der Waals surface area contributed by atoms with Crippen molar-refractivity contribution in [2.45, 2.75) is 52.9 Å². The van der Waals surface area contributed by atoms with Crippen molar-refractivity contribution < 1.29 is 24.9 Å². The van der Waals surface area contributed by atoms with Crippen LogP contribution in [0.2, 0.25) is 0 Å². The lowest BCUT2D eigenvalue weighted by Crippen LogP contribution is -2.04. The van der Waals surface area contributed by atoms with Crippen molar-refractivity contribution in [3.63, 3.8) is 0 Å². The van der Waals surface area contributed by atoms with Gasteiger partial charge in [0.1, 0.15) is 0 Å². The summed E-state index contributed by atoms with van der Waals surface area (Å²) in [6.45, 7) is 6.64. The van der Waals surface area contributed by atoms with E-state index in [4.69, 9.17) is 20.1 Å². The van der Waals surface area contributed by atoms with Gasteiger partial charge in [-0.3, -0.25) is 4.79 Å². The van der Waals surface area contributed by atoms with Crippen molar-refractivity contribution in [1.29, 1.82) is 0 Å². The molecule has 5 heteroatoms. The Labute approximate surface area is 96.1 Å². The van der Waals surface area contributed by atoms with Gasteiger partial charge in [-0.1, -0.05) is 33.6 Å². The fraction of sp³-hybridized carbons (Fsp3) is 0.818. The van der Waals surface area contributed by atoms with Crippen LogP contribution in [0.15, 0.2) is 0 Å². The van der Waals surface area contributed by atoms with E-state index in [-0.39, 0.29) is 0 Å². The van der Waals surface area contributed by atoms with Crippen LogP contribution in [0.4, 0.5) is 4.79 Å². The molecule has 0 unspecified atom stereocenters. The summed E-state index contributed by atoms with van der Waals surface area (Å²) in [5.41, 5.74) is 0.392. The summed E-state index contributed by atoms with van der Waals surface area (Å²) < 4.78 is 0. The van der Waals surface area contributed by atoms with Gasteiger partial charge in [0.2, 0.25) is 0 Å². The maximum atomic E-state index is 10.2. The summed E-state index contributed by atoms with van der Waals surface area (Å²) in [5, 5.41) is 22.3. The Balaban J connectivity index is 0. The average Bonchev–Trinajstić information content (AvgIpc) is 1.99. The number of carbonyl (C=O) groups is 2. The van der Waals surface area contributed by atoms with Gasteiger partial charge in [-0.05, 0) is 18.3 Å². The number of rotatable bonds is 5. The Kier molecular flexibility index (Phi) is 9.65. The molecule has 0 fully saturated rings. The molecule has 0 spiro atoms. The SMILES string of the molecule is CC(C)(C)CCCCCC(=O)O.O=C(O)O. The van der Waals surface area contributed by atoms with Gasteiger partial charge >= 0.3 is 12.1 Å². The highest BCUT2D eigenvalue weighted by Crippen LogP contribution is 2.22. The third kappa shape index (κ3) is 29.3. The molecule has 96 valence electrons. The van der Waals surface area contributed by atoms with E-state index in [0.717, 1.165) is 19.3 Å². The van der Waals surface area contributed by atoms with Crippen LogP contribution in [-0.2, 0) is 4.79 Å². The minimum absolute atomic E-state index is 0.324. The van der Waals surface area contributed by atoms with E-state index in [0.29, 0.717) is 11.8 Å². The molecular weight excluding hydrogens is 212 g/mol. The van der Waals surface area contributed by atoms with E-state index in [1.165, 1.54) is 6.42 Å². The Morgan fingerprint density at radius 1 is 0.938 bits per heavy atom. The Bertz CT molecular complexity index is 201. The number of carboxylic acids is 1. The molecule has 0 aliphatic heterocycles. The molecular formula is C11H22O5. The number of hydrogen-bond donors (Lipinski definition) is 3. The normalized spacial score (nSPS) is 10.2. The fourth-order valence-corrected chi connectivity index (χ4v) is 1.11. The van der Waals surface area contributed by atoms with Crippen LogP contribution in [0, 0.1) is 5.41 Å². The molecule has 0 radical (unpaired) electrons. The van der Waals surface area contributed by atoms with E-state index in [2.05, 4.69) is 20.8 Å². The monoisotopic (exact) mass is 234 g/mol. The lowest BCUT2D eigenvalue weighted by atomic mass is 9.89. The van der Waals surface area contributed by atoms with Crippen LogP contribution in [0.1, 0.15) is 52.9 Å². The Morgan fingerprint density at radius 3 is 1.69 bits per heavy atom. The van der Waals surface area contributed by atoms with Crippen LogP contribution < -0.4 is 0 Å². The highest BCUT2D eigenvalue weighted by molar-refractivity contribution is 5.66. The average molecular weight is 234 g/mol. The molecule has 0 saturated heterocycles. The molecule has 5 nitrogen and oxygen atoms in total. The van der Waals surface area contributed by atoms with Crippen molar-refractivity contribution >= 4 is 12.1 Å². The first kappa shape index (κ1) is 17.1. The van der Waals surface area contributed by atoms with Crippen LogP contribution in [0.25, 0.3) is 0 Å². The van der Waals surface area contributed by atoms with E-state index in [1.807, 2.05) is 0 Å². The highest BCUT2D eigenvalue weighted by Gasteiger charge is 2.08. The first-order valence-electron chi connectivity index (χ1n) is 5.29. The van der Waals surface area contributed by atoms with Gasteiger partial charge in [0.25, 0.3) is 0 Å². The van der Waals surface area contributed by atoms with Crippen molar-refractivity contribution in [3.8, 4) is 0 Å². The second-order valence-corrected chi connectivity index (χ2v) is 4.80. The second-order valence-electron chi connectivity index (χ2n) is 4.80. The molecule has 0 aromatic carbocycles. The van der Waals surface area contributed by atoms with Crippen LogP contribution >= 0.6 is 0 Å². The lowest BCUT2D eigenvalue weighted by Gasteiger charge is -2.17. The summed E-state index contributed by atoms with van der Waals surface area (Å²) in [4.78, 5) is 18.7. The van der Waals surface area contributed by atoms with Crippen LogP contribution in [-0.4, -0.2) is 27.4 Å². The predicted molar refractivity (Wildman–Crippen MR) is 60.8 cm³/mol. The van der Waals surface area contributed by atoms with Crippen molar-refractivity contribution in [2.24, 2.45) is 5.41 Å². The lowest BCUT2D eigenvalue weighted by molar-refractivity contribution is -0.137. The van der Waals surface area contributed by atoms with E-state index >= 15 is 0 Å². The number of aliphatic carboxylic acids is 1. The predicted octanol–water partition coefficient (Wildman–Crippen LogP) is 3.29. The van der Waals surface area contributed by atoms with Gasteiger partial charge < -0.3 is 15.3 Å². The summed E-state index contributed by atoms with van der Waals surface area (Å²) in [6.07, 6.45) is 2.70. The van der Waals surface area contributed by atoms with Crippen molar-refractivity contribution in [2.75, 3.05) is 0 Å². The van der Waals surface area contributed by atoms with Gasteiger partial charge in [-0.2, -0.15) is 0 Å². The largest absolute Gasteiger partial charge is 0.503 e.